The summed E-state index contributed by atoms with van der Waals surface area (Å²) in [5.74, 6) is -3.42. The Morgan fingerprint density at radius 1 is 1.22 bits per heavy atom. The third kappa shape index (κ3) is 5.31. The Labute approximate surface area is 155 Å². The molecule has 0 bridgehead atoms. The quantitative estimate of drug-likeness (QED) is 0.560. The monoisotopic (exact) mass is 398 g/mol. The van der Waals surface area contributed by atoms with E-state index < -0.39 is 23.8 Å². The third-order valence-electron chi connectivity index (χ3n) is 5.66. The molecule has 10 heteroatoms. The first kappa shape index (κ1) is 21.9. The van der Waals surface area contributed by atoms with Crippen LogP contribution in [-0.4, -0.2) is 72.6 Å². The molecule has 0 aromatic rings. The lowest BCUT2D eigenvalue weighted by molar-refractivity contribution is -0.192. The molecule has 1 spiro atoms. The van der Waals surface area contributed by atoms with E-state index in [1.54, 1.807) is 6.92 Å². The lowest BCUT2D eigenvalue weighted by atomic mass is 9.64. The van der Waals surface area contributed by atoms with Crippen LogP contribution in [0.4, 0.5) is 17.6 Å². The van der Waals surface area contributed by atoms with Crippen LogP contribution < -0.4 is 5.32 Å². The molecule has 1 aliphatic carbocycles. The molecule has 2 aliphatic heterocycles. The third-order valence-corrected chi connectivity index (χ3v) is 5.66. The van der Waals surface area contributed by atoms with Gasteiger partial charge >= 0.3 is 18.1 Å². The fourth-order valence-electron chi connectivity index (χ4n) is 4.05. The summed E-state index contributed by atoms with van der Waals surface area (Å²) in [6.07, 6.45) is -0.758. The van der Waals surface area contributed by atoms with E-state index in [0.29, 0.717) is 24.5 Å². The summed E-state index contributed by atoms with van der Waals surface area (Å²) in [6.45, 7) is 5.63. The summed E-state index contributed by atoms with van der Waals surface area (Å²) in [4.78, 5) is 22.9. The number of rotatable bonds is 3. The van der Waals surface area contributed by atoms with Crippen LogP contribution in [0.5, 0.6) is 0 Å². The number of carboxylic acids is 1. The van der Waals surface area contributed by atoms with Crippen LogP contribution in [0.25, 0.3) is 0 Å². The lowest BCUT2D eigenvalue weighted by Gasteiger charge is -2.51. The standard InChI is InChI=1S/C15H25FN2O2.C2HF3O2/c1-2-20-13(19)15(16)4-7-18(8-5-15)12-9-14(10-12)3-6-17-11-14;3-2(4,5)1(6)7/h12,17H,2-11H2,1H3;(H,6,7). The predicted molar refractivity (Wildman–Crippen MR) is 87.9 cm³/mol. The summed E-state index contributed by atoms with van der Waals surface area (Å²) in [6, 6.07) is 0.599. The Balaban J connectivity index is 0.000000321. The maximum atomic E-state index is 14.5. The normalized spacial score (nSPS) is 30.2. The number of likely N-dealkylation sites (tertiary alicyclic amines) is 1. The lowest BCUT2D eigenvalue weighted by Crippen LogP contribution is -2.56. The van der Waals surface area contributed by atoms with Gasteiger partial charge in [0.15, 0.2) is 0 Å². The zero-order valence-corrected chi connectivity index (χ0v) is 15.3. The molecule has 3 fully saturated rings. The van der Waals surface area contributed by atoms with E-state index in [9.17, 15) is 22.4 Å². The van der Waals surface area contributed by atoms with E-state index in [1.165, 1.54) is 19.3 Å². The smallest absolute Gasteiger partial charge is 0.475 e. The summed E-state index contributed by atoms with van der Waals surface area (Å²) >= 11 is 0. The maximum absolute atomic E-state index is 14.5. The van der Waals surface area contributed by atoms with Gasteiger partial charge in [0.25, 0.3) is 0 Å². The molecular weight excluding hydrogens is 372 g/mol. The average Bonchev–Trinajstić information content (AvgIpc) is 3.04. The minimum absolute atomic E-state index is 0.256. The van der Waals surface area contributed by atoms with Crippen molar-refractivity contribution in [3.05, 3.63) is 0 Å². The number of carbonyl (C=O) groups excluding carboxylic acids is 1. The van der Waals surface area contributed by atoms with E-state index in [1.807, 2.05) is 0 Å². The van der Waals surface area contributed by atoms with Crippen LogP contribution in [-0.2, 0) is 14.3 Å². The van der Waals surface area contributed by atoms with Crippen molar-refractivity contribution in [1.82, 2.24) is 10.2 Å². The van der Waals surface area contributed by atoms with Gasteiger partial charge in [-0.15, -0.1) is 0 Å². The highest BCUT2D eigenvalue weighted by atomic mass is 19.4. The van der Waals surface area contributed by atoms with Crippen LogP contribution in [0.15, 0.2) is 0 Å². The average molecular weight is 398 g/mol. The number of alkyl halides is 4. The van der Waals surface area contributed by atoms with Gasteiger partial charge in [0.2, 0.25) is 5.67 Å². The summed E-state index contributed by atoms with van der Waals surface area (Å²) < 4.78 is 51.1. The number of hydrogen-bond acceptors (Lipinski definition) is 5. The van der Waals surface area contributed by atoms with Crippen molar-refractivity contribution < 1.29 is 37.0 Å². The zero-order chi connectivity index (χ0) is 20.3. The van der Waals surface area contributed by atoms with E-state index in [2.05, 4.69) is 10.2 Å². The van der Waals surface area contributed by atoms with Crippen molar-refractivity contribution in [2.45, 2.75) is 56.9 Å². The molecule has 0 radical (unpaired) electrons. The number of esters is 1. The molecule has 0 unspecified atom stereocenters. The summed E-state index contributed by atoms with van der Waals surface area (Å²) in [5.41, 5.74) is -1.22. The first-order valence-electron chi connectivity index (χ1n) is 9.12. The molecule has 2 N–H and O–H groups in total. The highest BCUT2D eigenvalue weighted by molar-refractivity contribution is 5.79. The first-order chi connectivity index (χ1) is 12.5. The van der Waals surface area contributed by atoms with Crippen molar-refractivity contribution in [3.63, 3.8) is 0 Å². The van der Waals surface area contributed by atoms with Crippen molar-refractivity contribution in [3.8, 4) is 0 Å². The van der Waals surface area contributed by atoms with Gasteiger partial charge < -0.3 is 20.1 Å². The van der Waals surface area contributed by atoms with Crippen molar-refractivity contribution in [1.29, 1.82) is 0 Å². The van der Waals surface area contributed by atoms with E-state index >= 15 is 0 Å². The van der Waals surface area contributed by atoms with Crippen molar-refractivity contribution >= 4 is 11.9 Å². The number of carbonyl (C=O) groups is 2. The Kier molecular flexibility index (Phi) is 6.72. The molecule has 0 aromatic heterocycles. The number of aliphatic carboxylic acids is 1. The Morgan fingerprint density at radius 2 is 1.78 bits per heavy atom. The minimum atomic E-state index is -5.08. The SMILES string of the molecule is CCOC(=O)C1(F)CCN(C2CC3(CCNC3)C2)CC1.O=C(O)C(F)(F)F. The molecule has 156 valence electrons. The van der Waals surface area contributed by atoms with Gasteiger partial charge in [0.1, 0.15) is 0 Å². The second-order valence-electron chi connectivity index (χ2n) is 7.51. The highest BCUT2D eigenvalue weighted by Crippen LogP contribution is 2.48. The van der Waals surface area contributed by atoms with Crippen molar-refractivity contribution in [2.24, 2.45) is 5.41 Å². The van der Waals surface area contributed by atoms with E-state index in [-0.39, 0.29) is 19.4 Å². The number of hydrogen-bond donors (Lipinski definition) is 2. The first-order valence-corrected chi connectivity index (χ1v) is 9.12. The number of piperidine rings is 1. The summed E-state index contributed by atoms with van der Waals surface area (Å²) in [5, 5.41) is 10.6. The highest BCUT2D eigenvalue weighted by Gasteiger charge is 2.50. The fourth-order valence-corrected chi connectivity index (χ4v) is 4.05. The molecular formula is C17H26F4N2O4. The number of ether oxygens (including phenoxy) is 1. The van der Waals surface area contributed by atoms with Gasteiger partial charge in [0, 0.05) is 38.5 Å². The van der Waals surface area contributed by atoms with Gasteiger partial charge in [0.05, 0.1) is 6.61 Å². The molecule has 1 saturated carbocycles. The van der Waals surface area contributed by atoms with Gasteiger partial charge in [-0.1, -0.05) is 0 Å². The van der Waals surface area contributed by atoms with Gasteiger partial charge in [-0.3, -0.25) is 0 Å². The van der Waals surface area contributed by atoms with Crippen LogP contribution >= 0.6 is 0 Å². The predicted octanol–water partition coefficient (Wildman–Crippen LogP) is 2.13. The molecule has 0 aromatic carbocycles. The molecule has 3 aliphatic rings. The Hall–Kier alpha value is -1.42. The largest absolute Gasteiger partial charge is 0.490 e. The van der Waals surface area contributed by atoms with E-state index in [0.717, 1.165) is 13.1 Å². The second-order valence-corrected chi connectivity index (χ2v) is 7.51. The van der Waals surface area contributed by atoms with Crippen molar-refractivity contribution in [2.75, 3.05) is 32.8 Å². The maximum Gasteiger partial charge on any atom is 0.490 e. The van der Waals surface area contributed by atoms with Gasteiger partial charge in [-0.2, -0.15) is 13.2 Å². The van der Waals surface area contributed by atoms with Gasteiger partial charge in [-0.25, -0.2) is 14.0 Å². The second kappa shape index (κ2) is 8.30. The Bertz CT molecular complexity index is 534. The molecule has 2 saturated heterocycles. The van der Waals surface area contributed by atoms with Crippen LogP contribution in [0.1, 0.15) is 39.0 Å². The Morgan fingerprint density at radius 3 is 2.19 bits per heavy atom. The molecule has 6 nitrogen and oxygen atoms in total. The molecule has 0 amide bonds. The number of nitrogens with one attached hydrogen (secondary N) is 1. The van der Waals surface area contributed by atoms with Crippen LogP contribution in [0.3, 0.4) is 0 Å². The number of halogens is 4. The molecule has 2 heterocycles. The molecule has 3 rings (SSSR count). The summed E-state index contributed by atoms with van der Waals surface area (Å²) in [7, 11) is 0. The van der Waals surface area contributed by atoms with Gasteiger partial charge in [-0.05, 0) is 38.1 Å². The van der Waals surface area contributed by atoms with E-state index in [4.69, 9.17) is 14.6 Å². The minimum Gasteiger partial charge on any atom is -0.475 e. The number of carboxylic acid groups (broad SMARTS) is 1. The van der Waals surface area contributed by atoms with Crippen LogP contribution in [0.2, 0.25) is 0 Å². The fraction of sp³-hybridized carbons (Fsp3) is 0.882. The van der Waals surface area contributed by atoms with Crippen LogP contribution in [0, 0.1) is 5.41 Å². The molecule has 27 heavy (non-hydrogen) atoms. The number of nitrogens with zero attached hydrogens (tertiary/aromatic N) is 1. The zero-order valence-electron chi connectivity index (χ0n) is 15.3. The molecule has 0 atom stereocenters. The topological polar surface area (TPSA) is 78.9 Å².